The Bertz CT molecular complexity index is 1660. The van der Waals surface area contributed by atoms with E-state index in [1.165, 1.54) is 70.6 Å². The lowest BCUT2D eigenvalue weighted by molar-refractivity contribution is 0.123. The maximum absolute atomic E-state index is 2.94. The zero-order valence-corrected chi connectivity index (χ0v) is 28.8. The van der Waals surface area contributed by atoms with Crippen molar-refractivity contribution in [3.8, 4) is 0 Å². The number of nitrogens with zero attached hydrogens (tertiary/aromatic N) is 2. The van der Waals surface area contributed by atoms with Gasteiger partial charge in [0.15, 0.2) is 0 Å². The monoisotopic (exact) mass is 622 g/mol. The first-order valence-electron chi connectivity index (χ1n) is 19.2. The molecule has 1 saturated carbocycles. The van der Waals surface area contributed by atoms with E-state index in [0.717, 1.165) is 19.3 Å². The average Bonchev–Trinajstić information content (AvgIpc) is 3.58. The third-order valence-electron chi connectivity index (χ3n) is 13.7. The van der Waals surface area contributed by atoms with Crippen molar-refractivity contribution in [3.05, 3.63) is 130 Å². The molecule has 0 spiro atoms. The number of allylic oxidation sites excluding steroid dienone is 17. The largest absolute Gasteiger partial charge is 0.364 e. The fourth-order valence-electron chi connectivity index (χ4n) is 11.3. The lowest BCUT2D eigenvalue weighted by Gasteiger charge is -2.44. The Labute approximate surface area is 284 Å². The summed E-state index contributed by atoms with van der Waals surface area (Å²) in [6.45, 7) is 5.25. The van der Waals surface area contributed by atoms with Gasteiger partial charge in [-0.25, -0.2) is 0 Å². The van der Waals surface area contributed by atoms with Gasteiger partial charge in [0.2, 0.25) is 0 Å². The Morgan fingerprint density at radius 1 is 0.723 bits per heavy atom. The van der Waals surface area contributed by atoms with Gasteiger partial charge in [-0.1, -0.05) is 86.8 Å². The molecule has 244 valence electrons. The van der Waals surface area contributed by atoms with E-state index in [4.69, 9.17) is 0 Å². The molecule has 1 heterocycles. The fourth-order valence-corrected chi connectivity index (χ4v) is 11.3. The molecule has 0 saturated heterocycles. The Morgan fingerprint density at radius 3 is 2.38 bits per heavy atom. The SMILES string of the molecule is CC1(C)C2CC(N(C3=CC=CCC3)C3CC=C(C4=CC=CCC4)CC3)=CC=C2C2=CCC(N3C4=C(CCCC4)C4C=CC=CC43)CC21. The smallest absolute Gasteiger partial charge is 0.0577 e. The number of fused-ring (bicyclic) bond motifs is 5. The van der Waals surface area contributed by atoms with Crippen LogP contribution in [-0.2, 0) is 0 Å². The van der Waals surface area contributed by atoms with E-state index in [-0.39, 0.29) is 5.41 Å². The lowest BCUT2D eigenvalue weighted by Crippen LogP contribution is -2.44. The maximum Gasteiger partial charge on any atom is 0.0577 e. The minimum absolute atomic E-state index is 0.258. The molecule has 0 radical (unpaired) electrons. The molecule has 6 atom stereocenters. The summed E-state index contributed by atoms with van der Waals surface area (Å²) < 4.78 is 0. The molecule has 0 amide bonds. The minimum atomic E-state index is 0.258. The highest BCUT2D eigenvalue weighted by atomic mass is 15.2. The van der Waals surface area contributed by atoms with Crippen LogP contribution >= 0.6 is 0 Å². The number of hydrogen-bond donors (Lipinski definition) is 0. The second-order valence-electron chi connectivity index (χ2n) is 16.4. The fraction of sp³-hybridized carbons (Fsp3) is 0.511. The van der Waals surface area contributed by atoms with Gasteiger partial charge in [0.1, 0.15) is 0 Å². The summed E-state index contributed by atoms with van der Waals surface area (Å²) >= 11 is 0. The lowest BCUT2D eigenvalue weighted by atomic mass is 9.69. The standard InChI is InChI=1S/C45H54N2/c1-45(2)41-29-35(46(33-15-7-4-8-16-33)34-23-21-32(22-24-34)31-13-5-3-6-14-31)25-27-37(41)38-28-26-36(30-42(38)45)47-43-19-11-9-17-39(43)40-18-10-12-20-44(40)47/h3-5,7,9,11,13,15,17,19,21,25,27-28,34,36,39,41-43H,6,8,10,12,14,16,18,20,22-24,26,29-30H2,1-2H3. The van der Waals surface area contributed by atoms with Gasteiger partial charge in [0.05, 0.1) is 6.04 Å². The summed E-state index contributed by atoms with van der Waals surface area (Å²) in [4.78, 5) is 5.77. The van der Waals surface area contributed by atoms with Gasteiger partial charge < -0.3 is 9.80 Å². The zero-order valence-electron chi connectivity index (χ0n) is 28.8. The molecule has 0 aromatic carbocycles. The van der Waals surface area contributed by atoms with Crippen molar-refractivity contribution >= 4 is 0 Å². The molecular weight excluding hydrogens is 569 g/mol. The predicted molar refractivity (Wildman–Crippen MR) is 196 cm³/mol. The third-order valence-corrected chi connectivity index (χ3v) is 13.7. The molecule has 1 aliphatic heterocycles. The quantitative estimate of drug-likeness (QED) is 0.301. The van der Waals surface area contributed by atoms with Crippen LogP contribution in [0.4, 0.5) is 0 Å². The molecule has 6 unspecified atom stereocenters. The molecular formula is C45H54N2. The van der Waals surface area contributed by atoms with Gasteiger partial charge in [-0.2, -0.15) is 0 Å². The van der Waals surface area contributed by atoms with Crippen molar-refractivity contribution in [2.75, 3.05) is 0 Å². The van der Waals surface area contributed by atoms with Crippen molar-refractivity contribution in [1.82, 2.24) is 9.80 Å². The van der Waals surface area contributed by atoms with E-state index >= 15 is 0 Å². The Balaban J connectivity index is 0.993. The van der Waals surface area contributed by atoms with E-state index < -0.39 is 0 Å². The first-order valence-corrected chi connectivity index (χ1v) is 19.2. The Hall–Kier alpha value is -3.26. The van der Waals surface area contributed by atoms with E-state index in [1.807, 2.05) is 0 Å². The van der Waals surface area contributed by atoms with Crippen LogP contribution in [0.2, 0.25) is 0 Å². The maximum atomic E-state index is 2.94. The van der Waals surface area contributed by atoms with Gasteiger partial charge in [0, 0.05) is 35.1 Å². The second kappa shape index (κ2) is 12.0. The molecule has 0 bridgehead atoms. The summed E-state index contributed by atoms with van der Waals surface area (Å²) in [6, 6.07) is 1.73. The Kier molecular flexibility index (Phi) is 7.63. The molecule has 0 aromatic rings. The van der Waals surface area contributed by atoms with E-state index in [9.17, 15) is 0 Å². The zero-order chi connectivity index (χ0) is 31.5. The highest BCUT2D eigenvalue weighted by molar-refractivity contribution is 5.50. The summed E-state index contributed by atoms with van der Waals surface area (Å²) in [5, 5.41) is 0. The third kappa shape index (κ3) is 5.03. The molecule has 2 heteroatoms. The second-order valence-corrected chi connectivity index (χ2v) is 16.4. The first kappa shape index (κ1) is 29.8. The van der Waals surface area contributed by atoms with Gasteiger partial charge in [-0.15, -0.1) is 0 Å². The van der Waals surface area contributed by atoms with Crippen LogP contribution in [0.3, 0.4) is 0 Å². The molecule has 9 aliphatic rings. The number of rotatable bonds is 5. The average molecular weight is 623 g/mol. The van der Waals surface area contributed by atoms with E-state index in [2.05, 4.69) is 109 Å². The first-order chi connectivity index (χ1) is 23.1. The van der Waals surface area contributed by atoms with Crippen molar-refractivity contribution in [1.29, 1.82) is 0 Å². The molecule has 1 fully saturated rings. The van der Waals surface area contributed by atoms with Crippen LogP contribution < -0.4 is 0 Å². The summed E-state index contributed by atoms with van der Waals surface area (Å²) in [6.07, 6.45) is 51.5. The van der Waals surface area contributed by atoms with Gasteiger partial charge in [-0.05, 0) is 147 Å². The van der Waals surface area contributed by atoms with Crippen LogP contribution in [0.25, 0.3) is 0 Å². The van der Waals surface area contributed by atoms with Crippen LogP contribution in [0.15, 0.2) is 130 Å². The predicted octanol–water partition coefficient (Wildman–Crippen LogP) is 11.1. The van der Waals surface area contributed by atoms with Crippen LogP contribution in [0, 0.1) is 23.2 Å². The number of hydrogen-bond acceptors (Lipinski definition) is 2. The molecule has 9 rings (SSSR count). The van der Waals surface area contributed by atoms with E-state index in [0.29, 0.717) is 35.9 Å². The van der Waals surface area contributed by atoms with Gasteiger partial charge in [0.25, 0.3) is 0 Å². The van der Waals surface area contributed by atoms with Crippen molar-refractivity contribution in [3.63, 3.8) is 0 Å². The van der Waals surface area contributed by atoms with Crippen LogP contribution in [0.1, 0.15) is 104 Å². The molecule has 47 heavy (non-hydrogen) atoms. The van der Waals surface area contributed by atoms with Crippen molar-refractivity contribution < 1.29 is 0 Å². The molecule has 8 aliphatic carbocycles. The van der Waals surface area contributed by atoms with Crippen molar-refractivity contribution in [2.24, 2.45) is 23.2 Å². The van der Waals surface area contributed by atoms with Crippen LogP contribution in [0.5, 0.6) is 0 Å². The molecule has 0 N–H and O–H groups in total. The van der Waals surface area contributed by atoms with Crippen molar-refractivity contribution in [2.45, 2.75) is 122 Å². The molecule has 2 nitrogen and oxygen atoms in total. The Morgan fingerprint density at radius 2 is 1.57 bits per heavy atom. The van der Waals surface area contributed by atoms with Gasteiger partial charge >= 0.3 is 0 Å². The summed E-state index contributed by atoms with van der Waals surface area (Å²) in [7, 11) is 0. The minimum Gasteiger partial charge on any atom is -0.364 e. The van der Waals surface area contributed by atoms with E-state index in [1.54, 1.807) is 45.0 Å². The normalized spacial score (nSPS) is 35.1. The molecule has 0 aromatic heterocycles. The highest BCUT2D eigenvalue weighted by Gasteiger charge is 2.53. The summed E-state index contributed by atoms with van der Waals surface area (Å²) in [5.74, 6) is 1.86. The van der Waals surface area contributed by atoms with Crippen LogP contribution in [-0.4, -0.2) is 27.9 Å². The topological polar surface area (TPSA) is 6.48 Å². The summed E-state index contributed by atoms with van der Waals surface area (Å²) in [5.41, 5.74) is 13.4. The van der Waals surface area contributed by atoms with Gasteiger partial charge in [-0.3, -0.25) is 0 Å². The highest BCUT2D eigenvalue weighted by Crippen LogP contribution is 2.61.